The van der Waals surface area contributed by atoms with Crippen molar-refractivity contribution in [3.05, 3.63) is 35.4 Å². The van der Waals surface area contributed by atoms with E-state index in [-0.39, 0.29) is 0 Å². The summed E-state index contributed by atoms with van der Waals surface area (Å²) < 4.78 is 0. The van der Waals surface area contributed by atoms with E-state index >= 15 is 0 Å². The van der Waals surface area contributed by atoms with E-state index in [0.29, 0.717) is 18.0 Å². The monoisotopic (exact) mass is 288 g/mol. The maximum absolute atomic E-state index is 2.69. The number of benzene rings is 1. The smallest absolute Gasteiger partial charge is 0.0250 e. The largest absolute Gasteiger partial charge is 0.298 e. The van der Waals surface area contributed by atoms with Gasteiger partial charge in [0.05, 0.1) is 0 Å². The van der Waals surface area contributed by atoms with Gasteiger partial charge in [0.15, 0.2) is 0 Å². The van der Waals surface area contributed by atoms with Crippen LogP contribution in [0.25, 0.3) is 0 Å². The number of nitrogens with zero attached hydrogens (tertiary/aromatic N) is 2. The molecule has 0 unspecified atom stereocenters. The van der Waals surface area contributed by atoms with Crippen LogP contribution in [-0.2, 0) is 13.0 Å². The van der Waals surface area contributed by atoms with Gasteiger partial charge in [0.2, 0.25) is 0 Å². The predicted molar refractivity (Wildman–Crippen MR) is 91.6 cm³/mol. The zero-order chi connectivity index (χ0) is 15.4. The van der Waals surface area contributed by atoms with Gasteiger partial charge in [-0.25, -0.2) is 0 Å². The van der Waals surface area contributed by atoms with Gasteiger partial charge in [0.25, 0.3) is 0 Å². The molecule has 1 fully saturated rings. The molecule has 21 heavy (non-hydrogen) atoms. The number of aryl methyl sites for hydroxylation is 1. The molecular formula is C19H32N2. The molecule has 1 aromatic rings. The minimum absolute atomic E-state index is 0.664. The Bertz CT molecular complexity index is 439. The van der Waals surface area contributed by atoms with Crippen LogP contribution in [0.4, 0.5) is 0 Å². The molecule has 1 aromatic carbocycles. The average Bonchev–Trinajstić information content (AvgIpc) is 2.47. The maximum Gasteiger partial charge on any atom is 0.0250 e. The van der Waals surface area contributed by atoms with E-state index < -0.39 is 0 Å². The minimum atomic E-state index is 0.664. The van der Waals surface area contributed by atoms with Crippen molar-refractivity contribution in [2.75, 3.05) is 19.6 Å². The first-order chi connectivity index (χ1) is 10.0. The first-order valence-corrected chi connectivity index (χ1v) is 8.57. The lowest BCUT2D eigenvalue weighted by atomic mass is 9.97. The number of hydrogen-bond donors (Lipinski definition) is 0. The highest BCUT2D eigenvalue weighted by Gasteiger charge is 2.30. The molecular weight excluding hydrogens is 256 g/mol. The molecule has 2 rings (SSSR count). The zero-order valence-corrected chi connectivity index (χ0v) is 14.5. The van der Waals surface area contributed by atoms with Gasteiger partial charge in [-0.1, -0.05) is 45.0 Å². The van der Waals surface area contributed by atoms with E-state index in [4.69, 9.17) is 0 Å². The summed E-state index contributed by atoms with van der Waals surface area (Å²) in [4.78, 5) is 5.32. The Morgan fingerprint density at radius 1 is 1.10 bits per heavy atom. The fourth-order valence-electron chi connectivity index (χ4n) is 3.35. The van der Waals surface area contributed by atoms with Crippen LogP contribution in [0, 0.1) is 5.92 Å². The molecule has 0 amide bonds. The summed E-state index contributed by atoms with van der Waals surface area (Å²) in [6, 6.07) is 10.4. The minimum Gasteiger partial charge on any atom is -0.298 e. The van der Waals surface area contributed by atoms with Gasteiger partial charge in [-0.15, -0.1) is 0 Å². The molecule has 1 aliphatic rings. The van der Waals surface area contributed by atoms with Crippen molar-refractivity contribution in [3.63, 3.8) is 0 Å². The van der Waals surface area contributed by atoms with Crippen LogP contribution in [-0.4, -0.2) is 41.5 Å². The Hall–Kier alpha value is -0.860. The van der Waals surface area contributed by atoms with Crippen LogP contribution < -0.4 is 0 Å². The van der Waals surface area contributed by atoms with Gasteiger partial charge in [0.1, 0.15) is 0 Å². The molecule has 1 aliphatic heterocycles. The normalized spacial score (nSPS) is 21.4. The molecule has 0 bridgehead atoms. The highest BCUT2D eigenvalue weighted by molar-refractivity contribution is 5.23. The third kappa shape index (κ3) is 4.31. The fraction of sp³-hybridized carbons (Fsp3) is 0.684. The molecule has 1 saturated heterocycles. The lowest BCUT2D eigenvalue weighted by molar-refractivity contribution is 0.0297. The predicted octanol–water partition coefficient (Wildman–Crippen LogP) is 3.80. The topological polar surface area (TPSA) is 6.48 Å². The summed E-state index contributed by atoms with van der Waals surface area (Å²) in [6.45, 7) is 16.3. The molecule has 1 heterocycles. The first kappa shape index (κ1) is 16.5. The van der Waals surface area contributed by atoms with Crippen molar-refractivity contribution in [2.24, 2.45) is 5.92 Å². The second kappa shape index (κ2) is 7.42. The van der Waals surface area contributed by atoms with Crippen molar-refractivity contribution in [2.45, 2.75) is 59.7 Å². The Morgan fingerprint density at radius 3 is 2.43 bits per heavy atom. The van der Waals surface area contributed by atoms with Crippen molar-refractivity contribution < 1.29 is 0 Å². The van der Waals surface area contributed by atoms with E-state index in [0.717, 1.165) is 13.0 Å². The van der Waals surface area contributed by atoms with Gasteiger partial charge in [0, 0.05) is 38.3 Å². The highest BCUT2D eigenvalue weighted by Crippen LogP contribution is 2.21. The standard InChI is InChI=1S/C19H32N2/c1-6-17-8-7-9-18(12-17)13-21-11-10-20(16(4)5)14-19(21)15(2)3/h7-9,12,15-16,19H,6,10-11,13-14H2,1-5H3/t19-/m0/s1. The molecule has 0 N–H and O–H groups in total. The van der Waals surface area contributed by atoms with Crippen LogP contribution in [0.5, 0.6) is 0 Å². The van der Waals surface area contributed by atoms with Gasteiger partial charge < -0.3 is 0 Å². The SMILES string of the molecule is CCc1cccc(CN2CCN(C(C)C)C[C@H]2C(C)C)c1. The van der Waals surface area contributed by atoms with Crippen molar-refractivity contribution in [1.82, 2.24) is 9.80 Å². The first-order valence-electron chi connectivity index (χ1n) is 8.57. The Morgan fingerprint density at radius 2 is 1.81 bits per heavy atom. The van der Waals surface area contributed by atoms with Gasteiger partial charge in [-0.05, 0) is 37.3 Å². The average molecular weight is 288 g/mol. The van der Waals surface area contributed by atoms with E-state index in [1.807, 2.05) is 0 Å². The molecule has 0 saturated carbocycles. The van der Waals surface area contributed by atoms with Crippen molar-refractivity contribution in [3.8, 4) is 0 Å². The summed E-state index contributed by atoms with van der Waals surface area (Å²) in [5, 5.41) is 0. The van der Waals surface area contributed by atoms with E-state index in [1.165, 1.54) is 30.8 Å². The van der Waals surface area contributed by atoms with Gasteiger partial charge >= 0.3 is 0 Å². The van der Waals surface area contributed by atoms with Crippen LogP contribution in [0.15, 0.2) is 24.3 Å². The van der Waals surface area contributed by atoms with Crippen LogP contribution >= 0.6 is 0 Å². The summed E-state index contributed by atoms with van der Waals surface area (Å²) in [6.07, 6.45) is 1.13. The third-order valence-corrected chi connectivity index (χ3v) is 4.85. The molecule has 2 nitrogen and oxygen atoms in total. The summed E-state index contributed by atoms with van der Waals surface area (Å²) >= 11 is 0. The van der Waals surface area contributed by atoms with E-state index in [9.17, 15) is 0 Å². The number of piperazine rings is 1. The number of hydrogen-bond acceptors (Lipinski definition) is 2. The second-order valence-electron chi connectivity index (χ2n) is 7.04. The lowest BCUT2D eigenvalue weighted by Crippen LogP contribution is -2.56. The summed E-state index contributed by atoms with van der Waals surface area (Å²) in [5.74, 6) is 0.709. The molecule has 118 valence electrons. The van der Waals surface area contributed by atoms with Crippen molar-refractivity contribution in [1.29, 1.82) is 0 Å². The molecule has 0 aromatic heterocycles. The van der Waals surface area contributed by atoms with Crippen molar-refractivity contribution >= 4 is 0 Å². The maximum atomic E-state index is 2.69. The van der Waals surface area contributed by atoms with Crippen LogP contribution in [0.3, 0.4) is 0 Å². The summed E-state index contributed by atoms with van der Waals surface area (Å²) in [5.41, 5.74) is 2.92. The molecule has 0 radical (unpaired) electrons. The lowest BCUT2D eigenvalue weighted by Gasteiger charge is -2.45. The van der Waals surface area contributed by atoms with Crippen LogP contribution in [0.1, 0.15) is 45.7 Å². The fourth-order valence-corrected chi connectivity index (χ4v) is 3.35. The second-order valence-corrected chi connectivity index (χ2v) is 7.04. The van der Waals surface area contributed by atoms with Gasteiger partial charge in [-0.3, -0.25) is 9.80 Å². The molecule has 0 spiro atoms. The highest BCUT2D eigenvalue weighted by atomic mass is 15.3. The summed E-state index contributed by atoms with van der Waals surface area (Å²) in [7, 11) is 0. The van der Waals surface area contributed by atoms with E-state index in [2.05, 4.69) is 68.7 Å². The molecule has 1 atom stereocenters. The zero-order valence-electron chi connectivity index (χ0n) is 14.5. The van der Waals surface area contributed by atoms with Crippen LogP contribution in [0.2, 0.25) is 0 Å². The van der Waals surface area contributed by atoms with E-state index in [1.54, 1.807) is 0 Å². The van der Waals surface area contributed by atoms with Gasteiger partial charge in [-0.2, -0.15) is 0 Å². The Kier molecular flexibility index (Phi) is 5.83. The Labute approximate surface area is 131 Å². The Balaban J connectivity index is 2.07. The quantitative estimate of drug-likeness (QED) is 0.813. The third-order valence-electron chi connectivity index (χ3n) is 4.85. The molecule has 2 heteroatoms. The number of rotatable bonds is 5. The molecule has 0 aliphatic carbocycles.